The number of hydrogen-bond acceptors (Lipinski definition) is 2. The van der Waals surface area contributed by atoms with Crippen LogP contribution in [-0.2, 0) is 2.69 Å². The topological polar surface area (TPSA) is 26.3 Å². The number of carbonyl (C=O) groups excluding carboxylic acids is 1. The van der Waals surface area contributed by atoms with E-state index in [-0.39, 0.29) is 5.97 Å². The van der Waals surface area contributed by atoms with Gasteiger partial charge in [0.25, 0.3) is 0 Å². The normalized spacial score (nSPS) is 10.9. The number of rotatable bonds is 6. The maximum absolute atomic E-state index is 13.4. The van der Waals surface area contributed by atoms with E-state index in [2.05, 4.69) is 43.0 Å². The van der Waals surface area contributed by atoms with Gasteiger partial charge in [0.1, 0.15) is 0 Å². The van der Waals surface area contributed by atoms with Crippen molar-refractivity contribution >= 4 is 43.0 Å². The Morgan fingerprint density at radius 1 is 0.633 bits per heavy atom. The third-order valence-electron chi connectivity index (χ3n) is 5.17. The summed E-state index contributed by atoms with van der Waals surface area (Å²) in [6, 6.07) is 38.0. The molecule has 0 amide bonds. The van der Waals surface area contributed by atoms with Gasteiger partial charge in [-0.1, -0.05) is 0 Å². The summed E-state index contributed by atoms with van der Waals surface area (Å²) in [7, 11) is 0. The second-order valence-electron chi connectivity index (χ2n) is 6.99. The molecule has 0 bridgehead atoms. The minimum atomic E-state index is -4.26. The second kappa shape index (κ2) is 9.22. The zero-order chi connectivity index (χ0) is 20.8. The van der Waals surface area contributed by atoms with Crippen LogP contribution in [0.15, 0.2) is 122 Å². The molecule has 4 aromatic rings. The molecule has 30 heavy (non-hydrogen) atoms. The van der Waals surface area contributed by atoms with Gasteiger partial charge in [-0.25, -0.2) is 0 Å². The first-order chi connectivity index (χ1) is 14.7. The molecule has 0 aliphatic rings. The van der Waals surface area contributed by atoms with Crippen LogP contribution in [0, 0.1) is 0 Å². The van der Waals surface area contributed by atoms with Crippen molar-refractivity contribution in [2.45, 2.75) is 0 Å². The van der Waals surface area contributed by atoms with Gasteiger partial charge in [-0.05, 0) is 0 Å². The fourth-order valence-corrected chi connectivity index (χ4v) is 18.2. The van der Waals surface area contributed by atoms with Crippen LogP contribution in [0.4, 0.5) is 0 Å². The first-order valence-corrected chi connectivity index (χ1v) is 17.3. The van der Waals surface area contributed by atoms with Crippen molar-refractivity contribution in [3.63, 3.8) is 0 Å². The van der Waals surface area contributed by atoms with Crippen LogP contribution in [0.25, 0.3) is 6.08 Å². The van der Waals surface area contributed by atoms with Gasteiger partial charge < -0.3 is 0 Å². The molecular formula is C27H22O2Pb. The molecule has 0 fully saturated rings. The van der Waals surface area contributed by atoms with Crippen LogP contribution >= 0.6 is 0 Å². The Labute approximate surface area is 182 Å². The third kappa shape index (κ3) is 4.00. The van der Waals surface area contributed by atoms with Gasteiger partial charge in [-0.15, -0.1) is 0 Å². The molecule has 146 valence electrons. The van der Waals surface area contributed by atoms with Crippen molar-refractivity contribution in [3.8, 4) is 0 Å². The summed E-state index contributed by atoms with van der Waals surface area (Å²) in [6.45, 7) is 3.78. The van der Waals surface area contributed by atoms with Crippen LogP contribution in [0.3, 0.4) is 0 Å². The number of benzene rings is 4. The Hall–Kier alpha value is -2.99. The molecule has 0 aliphatic heterocycles. The van der Waals surface area contributed by atoms with Gasteiger partial charge in [0.05, 0.1) is 0 Å². The van der Waals surface area contributed by atoms with E-state index in [0.717, 1.165) is 14.9 Å². The van der Waals surface area contributed by atoms with Gasteiger partial charge in [0.2, 0.25) is 0 Å². The van der Waals surface area contributed by atoms with Gasteiger partial charge in [-0.3, -0.25) is 0 Å². The molecule has 4 rings (SSSR count). The van der Waals surface area contributed by atoms with Gasteiger partial charge in [0.15, 0.2) is 0 Å². The van der Waals surface area contributed by atoms with E-state index >= 15 is 0 Å². The summed E-state index contributed by atoms with van der Waals surface area (Å²) >= 11 is -4.26. The molecular weight excluding hydrogens is 563 g/mol. The van der Waals surface area contributed by atoms with Crippen molar-refractivity contribution < 1.29 is 7.48 Å². The number of hydrogen-bond donors (Lipinski definition) is 0. The van der Waals surface area contributed by atoms with Crippen molar-refractivity contribution in [1.82, 2.24) is 0 Å². The summed E-state index contributed by atoms with van der Waals surface area (Å²) in [5.41, 5.74) is 1.52. The molecule has 3 heteroatoms. The third-order valence-corrected chi connectivity index (χ3v) is 20.4. The van der Waals surface area contributed by atoms with Gasteiger partial charge in [-0.2, -0.15) is 0 Å². The molecule has 0 N–H and O–H groups in total. The maximum atomic E-state index is 13.4. The number of carbonyl (C=O) groups is 1. The molecule has 0 atom stereocenters. The van der Waals surface area contributed by atoms with Crippen molar-refractivity contribution in [2.75, 3.05) is 0 Å². The van der Waals surface area contributed by atoms with Crippen LogP contribution in [-0.4, -0.2) is 27.6 Å². The summed E-state index contributed by atoms with van der Waals surface area (Å²) in [6.07, 6.45) is 1.76. The average Bonchev–Trinajstić information content (AvgIpc) is 2.84. The van der Waals surface area contributed by atoms with E-state index < -0.39 is 21.6 Å². The molecule has 4 aromatic carbocycles. The fraction of sp³-hybridized carbons (Fsp3) is 0. The molecule has 0 unspecified atom stereocenters. The Kier molecular flexibility index (Phi) is 6.24. The van der Waals surface area contributed by atoms with E-state index in [4.69, 9.17) is 2.69 Å². The average molecular weight is 586 g/mol. The molecule has 0 heterocycles. The van der Waals surface area contributed by atoms with Crippen molar-refractivity contribution in [2.24, 2.45) is 0 Å². The first-order valence-electron chi connectivity index (χ1n) is 9.86. The molecule has 0 saturated heterocycles. The van der Waals surface area contributed by atoms with Crippen molar-refractivity contribution in [1.29, 1.82) is 0 Å². The first kappa shape index (κ1) is 20.3. The molecule has 0 saturated carbocycles. The van der Waals surface area contributed by atoms with E-state index in [1.807, 2.05) is 66.7 Å². The summed E-state index contributed by atoms with van der Waals surface area (Å²) in [5.74, 6) is -0.288. The van der Waals surface area contributed by atoms with Crippen LogP contribution in [0.1, 0.15) is 15.9 Å². The van der Waals surface area contributed by atoms with Crippen LogP contribution < -0.4 is 9.37 Å². The second-order valence-corrected chi connectivity index (χ2v) is 19.8. The molecule has 0 aromatic heterocycles. The molecule has 0 spiro atoms. The van der Waals surface area contributed by atoms with Crippen LogP contribution in [0.5, 0.6) is 0 Å². The van der Waals surface area contributed by atoms with Crippen molar-refractivity contribution in [3.05, 3.63) is 133 Å². The van der Waals surface area contributed by atoms with Crippen LogP contribution in [0.2, 0.25) is 0 Å². The monoisotopic (exact) mass is 586 g/mol. The molecule has 0 radical (unpaired) electrons. The molecule has 2 nitrogen and oxygen atoms in total. The predicted octanol–water partition coefficient (Wildman–Crippen LogP) is 4.15. The summed E-state index contributed by atoms with van der Waals surface area (Å²) < 4.78 is 9.94. The van der Waals surface area contributed by atoms with E-state index in [0.29, 0.717) is 5.56 Å². The Balaban J connectivity index is 1.90. The Morgan fingerprint density at radius 3 is 1.40 bits per heavy atom. The standard InChI is InChI=1S/C9H8O2.3C6H5.Pb/c1-2-7-3-5-8(6-4-7)9(10)11;3*1-2-4-6-5-3-1;/h2-6H,1H2,(H,10,11);3*1-5H;/q;;;;+1/p-1. The van der Waals surface area contributed by atoms with E-state index in [9.17, 15) is 4.79 Å². The Bertz CT molecular complexity index is 1030. The van der Waals surface area contributed by atoms with E-state index in [1.165, 1.54) is 0 Å². The predicted molar refractivity (Wildman–Crippen MR) is 126 cm³/mol. The molecule has 0 aliphatic carbocycles. The quantitative estimate of drug-likeness (QED) is 0.318. The summed E-state index contributed by atoms with van der Waals surface area (Å²) in [5, 5.41) is 0. The minimum absolute atomic E-state index is 0.288. The van der Waals surface area contributed by atoms with Gasteiger partial charge >= 0.3 is 183 Å². The SMILES string of the molecule is C=Cc1ccc(C(=O)[O][Pb]([c]2ccccc2)([c]2ccccc2)[c]2ccccc2)cc1. The Morgan fingerprint density at radius 2 is 1.03 bits per heavy atom. The van der Waals surface area contributed by atoms with Gasteiger partial charge in [0, 0.05) is 0 Å². The zero-order valence-corrected chi connectivity index (χ0v) is 20.5. The summed E-state index contributed by atoms with van der Waals surface area (Å²) in [4.78, 5) is 13.4. The fourth-order valence-electron chi connectivity index (χ4n) is 3.65. The zero-order valence-electron chi connectivity index (χ0n) is 16.6. The van der Waals surface area contributed by atoms with E-state index in [1.54, 1.807) is 18.2 Å².